The molecule has 0 atom stereocenters. The Bertz CT molecular complexity index is 823. The highest BCUT2D eigenvalue weighted by atomic mass is 16.5. The third-order valence-corrected chi connectivity index (χ3v) is 6.14. The highest BCUT2D eigenvalue weighted by Gasteiger charge is 2.20. The Morgan fingerprint density at radius 3 is 2.70 bits per heavy atom. The molecule has 0 unspecified atom stereocenters. The number of rotatable bonds is 6. The lowest BCUT2D eigenvalue weighted by Crippen LogP contribution is -2.35. The van der Waals surface area contributed by atoms with Gasteiger partial charge in [-0.1, -0.05) is 24.9 Å². The highest BCUT2D eigenvalue weighted by molar-refractivity contribution is 5.89. The molecule has 30 heavy (non-hydrogen) atoms. The first-order chi connectivity index (χ1) is 14.7. The van der Waals surface area contributed by atoms with Crippen LogP contribution in [-0.4, -0.2) is 65.2 Å². The van der Waals surface area contributed by atoms with Crippen LogP contribution in [0.1, 0.15) is 56.1 Å². The van der Waals surface area contributed by atoms with E-state index in [4.69, 9.17) is 4.52 Å². The number of anilines is 1. The van der Waals surface area contributed by atoms with E-state index in [2.05, 4.69) is 37.2 Å². The first kappa shape index (κ1) is 20.8. The first-order valence-corrected chi connectivity index (χ1v) is 11.2. The van der Waals surface area contributed by atoms with Gasteiger partial charge in [-0.3, -0.25) is 4.79 Å². The summed E-state index contributed by atoms with van der Waals surface area (Å²) in [5, 5.41) is 6.91. The van der Waals surface area contributed by atoms with Gasteiger partial charge in [0, 0.05) is 37.9 Å². The monoisotopic (exact) mass is 412 g/mol. The molecule has 0 aromatic carbocycles. The van der Waals surface area contributed by atoms with Crippen LogP contribution in [-0.2, 0) is 0 Å². The van der Waals surface area contributed by atoms with Crippen LogP contribution >= 0.6 is 0 Å². The third-order valence-electron chi connectivity index (χ3n) is 6.14. The summed E-state index contributed by atoms with van der Waals surface area (Å²) in [5.41, 5.74) is 0.811. The summed E-state index contributed by atoms with van der Waals surface area (Å²) in [4.78, 5) is 25.9. The molecule has 0 bridgehead atoms. The van der Waals surface area contributed by atoms with Gasteiger partial charge >= 0.3 is 11.8 Å². The average Bonchev–Trinajstić information content (AvgIpc) is 3.13. The van der Waals surface area contributed by atoms with E-state index in [9.17, 15) is 4.79 Å². The van der Waals surface area contributed by atoms with Crippen molar-refractivity contribution in [1.29, 1.82) is 0 Å². The summed E-state index contributed by atoms with van der Waals surface area (Å²) in [5.74, 6) is 1.80. The Hall–Kier alpha value is -2.48. The summed E-state index contributed by atoms with van der Waals surface area (Å²) in [7, 11) is 0. The van der Waals surface area contributed by atoms with Crippen LogP contribution in [0.2, 0.25) is 0 Å². The topological polar surface area (TPSA) is 87.4 Å². The largest absolute Gasteiger partial charge is 0.357 e. The lowest BCUT2D eigenvalue weighted by molar-refractivity contribution is 0.0904. The van der Waals surface area contributed by atoms with Gasteiger partial charge in [-0.25, -0.2) is 4.98 Å². The second-order valence-electron chi connectivity index (χ2n) is 8.51. The van der Waals surface area contributed by atoms with Crippen LogP contribution in [0.3, 0.4) is 0 Å². The number of hydrogen-bond acceptors (Lipinski definition) is 7. The Morgan fingerprint density at radius 1 is 1.17 bits per heavy atom. The van der Waals surface area contributed by atoms with Crippen molar-refractivity contribution in [3.05, 3.63) is 24.2 Å². The molecular formula is C22H32N6O2. The molecule has 0 aliphatic carbocycles. The van der Waals surface area contributed by atoms with Crippen molar-refractivity contribution in [3.8, 4) is 11.4 Å². The summed E-state index contributed by atoms with van der Waals surface area (Å²) >= 11 is 0. The second kappa shape index (κ2) is 10.0. The van der Waals surface area contributed by atoms with Gasteiger partial charge in [0.05, 0.1) is 0 Å². The van der Waals surface area contributed by atoms with Crippen molar-refractivity contribution in [2.45, 2.75) is 45.4 Å². The van der Waals surface area contributed by atoms with E-state index in [0.717, 1.165) is 50.0 Å². The number of carbonyl (C=O) groups excluding carboxylic acids is 1. The molecule has 8 nitrogen and oxygen atoms in total. The van der Waals surface area contributed by atoms with Crippen molar-refractivity contribution < 1.29 is 9.32 Å². The van der Waals surface area contributed by atoms with Crippen LogP contribution in [0.15, 0.2) is 22.9 Å². The maximum atomic E-state index is 12.4. The number of carbonyl (C=O) groups is 1. The molecule has 0 radical (unpaired) electrons. The fraction of sp³-hybridized carbons (Fsp3) is 0.636. The zero-order valence-corrected chi connectivity index (χ0v) is 17.8. The van der Waals surface area contributed by atoms with Crippen LogP contribution in [0.25, 0.3) is 11.4 Å². The zero-order chi connectivity index (χ0) is 20.8. The molecule has 4 rings (SSSR count). The lowest BCUT2D eigenvalue weighted by atomic mass is 9.99. The Balaban J connectivity index is 1.33. The van der Waals surface area contributed by atoms with Gasteiger partial charge in [0.2, 0.25) is 5.82 Å². The van der Waals surface area contributed by atoms with Crippen molar-refractivity contribution >= 4 is 11.7 Å². The van der Waals surface area contributed by atoms with Gasteiger partial charge in [-0.05, 0) is 56.8 Å². The molecule has 162 valence electrons. The van der Waals surface area contributed by atoms with Gasteiger partial charge in [0.1, 0.15) is 5.82 Å². The predicted octanol–water partition coefficient (Wildman–Crippen LogP) is 2.97. The van der Waals surface area contributed by atoms with Crippen LogP contribution in [0, 0.1) is 5.92 Å². The number of likely N-dealkylation sites (tertiary alicyclic amines) is 1. The summed E-state index contributed by atoms with van der Waals surface area (Å²) < 4.78 is 5.22. The molecule has 2 aliphatic heterocycles. The normalized spacial score (nSPS) is 18.9. The van der Waals surface area contributed by atoms with E-state index in [-0.39, 0.29) is 11.8 Å². The minimum Gasteiger partial charge on any atom is -0.357 e. The number of nitrogens with zero attached hydrogens (tertiary/aromatic N) is 5. The number of amides is 1. The maximum Gasteiger partial charge on any atom is 0.316 e. The van der Waals surface area contributed by atoms with Crippen molar-refractivity contribution in [1.82, 2.24) is 25.3 Å². The van der Waals surface area contributed by atoms with E-state index < -0.39 is 0 Å². The minimum absolute atomic E-state index is 0.00558. The van der Waals surface area contributed by atoms with Gasteiger partial charge < -0.3 is 19.6 Å². The van der Waals surface area contributed by atoms with Crippen molar-refractivity contribution in [2.75, 3.05) is 44.2 Å². The van der Waals surface area contributed by atoms with Crippen molar-refractivity contribution in [2.24, 2.45) is 5.92 Å². The average molecular weight is 413 g/mol. The Morgan fingerprint density at radius 2 is 1.93 bits per heavy atom. The summed E-state index contributed by atoms with van der Waals surface area (Å²) in [6.45, 7) is 7.98. The number of nitrogens with one attached hydrogen (secondary N) is 1. The quantitative estimate of drug-likeness (QED) is 0.780. The van der Waals surface area contributed by atoms with E-state index in [1.54, 1.807) is 6.20 Å². The zero-order valence-electron chi connectivity index (χ0n) is 17.8. The van der Waals surface area contributed by atoms with Gasteiger partial charge in [-0.15, -0.1) is 0 Å². The van der Waals surface area contributed by atoms with Crippen LogP contribution in [0.5, 0.6) is 0 Å². The van der Waals surface area contributed by atoms with E-state index in [1.807, 2.05) is 12.1 Å². The molecule has 4 heterocycles. The fourth-order valence-electron chi connectivity index (χ4n) is 4.16. The van der Waals surface area contributed by atoms with Crippen LogP contribution in [0.4, 0.5) is 5.82 Å². The highest BCUT2D eigenvalue weighted by Crippen LogP contribution is 2.25. The molecule has 0 spiro atoms. The molecule has 2 aliphatic rings. The van der Waals surface area contributed by atoms with E-state index in [1.165, 1.54) is 38.5 Å². The molecule has 2 fully saturated rings. The summed E-state index contributed by atoms with van der Waals surface area (Å²) in [6.07, 6.45) is 9.21. The molecule has 0 saturated carbocycles. The molecule has 2 aromatic rings. The predicted molar refractivity (Wildman–Crippen MR) is 115 cm³/mol. The van der Waals surface area contributed by atoms with Gasteiger partial charge in [0.15, 0.2) is 0 Å². The molecule has 8 heteroatoms. The Labute approximate surface area is 178 Å². The standard InChI is InChI=1S/C22H32N6O2/c1-17-7-13-28(14-8-17)19-16-18(6-9-23-19)20-25-22(30-26-20)21(29)24-10-15-27-11-4-2-3-5-12-27/h6,9,16-17H,2-5,7-8,10-15H2,1H3,(H,24,29). The third kappa shape index (κ3) is 5.36. The molecular weight excluding hydrogens is 380 g/mol. The SMILES string of the molecule is CC1CCN(c2cc(-c3noc(C(=O)NCCN4CCCCCC4)n3)ccn2)CC1. The molecule has 1 amide bonds. The summed E-state index contributed by atoms with van der Waals surface area (Å²) in [6, 6.07) is 3.82. The van der Waals surface area contributed by atoms with E-state index >= 15 is 0 Å². The Kier molecular flexibility index (Phi) is 6.94. The molecule has 2 saturated heterocycles. The fourth-order valence-corrected chi connectivity index (χ4v) is 4.16. The smallest absolute Gasteiger partial charge is 0.316 e. The van der Waals surface area contributed by atoms with Crippen molar-refractivity contribution in [3.63, 3.8) is 0 Å². The van der Waals surface area contributed by atoms with Gasteiger partial charge in [0.25, 0.3) is 0 Å². The van der Waals surface area contributed by atoms with E-state index in [0.29, 0.717) is 12.4 Å². The first-order valence-electron chi connectivity index (χ1n) is 11.2. The van der Waals surface area contributed by atoms with Crippen LogP contribution < -0.4 is 10.2 Å². The van der Waals surface area contributed by atoms with Gasteiger partial charge in [-0.2, -0.15) is 4.98 Å². The molecule has 1 N–H and O–H groups in total. The minimum atomic E-state index is -0.317. The molecule has 2 aromatic heterocycles. The maximum absolute atomic E-state index is 12.4. The second-order valence-corrected chi connectivity index (χ2v) is 8.51. The number of pyridine rings is 1. The number of aromatic nitrogens is 3. The number of piperidine rings is 1. The lowest BCUT2D eigenvalue weighted by Gasteiger charge is -2.31. The number of hydrogen-bond donors (Lipinski definition) is 1.